The van der Waals surface area contributed by atoms with Gasteiger partial charge in [-0.05, 0) is 48.4 Å². The van der Waals surface area contributed by atoms with E-state index in [2.05, 4.69) is 31.2 Å². The lowest BCUT2D eigenvalue weighted by Gasteiger charge is -2.09. The molecule has 0 amide bonds. The van der Waals surface area contributed by atoms with Crippen LogP contribution in [0, 0.1) is 6.92 Å². The Labute approximate surface area is 169 Å². The van der Waals surface area contributed by atoms with Crippen molar-refractivity contribution in [1.29, 1.82) is 0 Å². The molecule has 0 spiro atoms. The molecule has 1 aromatic heterocycles. The van der Waals surface area contributed by atoms with Crippen LogP contribution in [0.4, 0.5) is 0 Å². The molecular weight excluding hydrogens is 360 g/mol. The van der Waals surface area contributed by atoms with E-state index >= 15 is 0 Å². The lowest BCUT2D eigenvalue weighted by molar-refractivity contribution is 0.355. The van der Waals surface area contributed by atoms with Crippen LogP contribution in [0.25, 0.3) is 33.9 Å². The second kappa shape index (κ2) is 6.74. The van der Waals surface area contributed by atoms with Gasteiger partial charge in [0.2, 0.25) is 0 Å². The van der Waals surface area contributed by atoms with Crippen molar-refractivity contribution in [3.05, 3.63) is 83.0 Å². The summed E-state index contributed by atoms with van der Waals surface area (Å²) in [4.78, 5) is 9.90. The van der Waals surface area contributed by atoms with Crippen molar-refractivity contribution >= 4 is 22.7 Å². The van der Waals surface area contributed by atoms with Crippen LogP contribution in [0.2, 0.25) is 0 Å². The van der Waals surface area contributed by atoms with Crippen molar-refractivity contribution in [3.8, 4) is 22.8 Å². The Bertz CT molecular complexity index is 1290. The van der Waals surface area contributed by atoms with Gasteiger partial charge in [0.1, 0.15) is 0 Å². The molecule has 29 heavy (non-hydrogen) atoms. The van der Waals surface area contributed by atoms with Gasteiger partial charge in [-0.15, -0.1) is 0 Å². The average Bonchev–Trinajstić information content (AvgIpc) is 3.04. The number of hydrogen-bond acceptors (Lipinski definition) is 4. The predicted octanol–water partition coefficient (Wildman–Crippen LogP) is 5.52. The molecule has 0 bridgehead atoms. The van der Waals surface area contributed by atoms with Crippen molar-refractivity contribution in [3.63, 3.8) is 0 Å². The highest BCUT2D eigenvalue weighted by atomic mass is 16.5. The Morgan fingerprint density at radius 2 is 1.45 bits per heavy atom. The van der Waals surface area contributed by atoms with Crippen molar-refractivity contribution in [1.82, 2.24) is 9.97 Å². The summed E-state index contributed by atoms with van der Waals surface area (Å²) < 4.78 is 10.8. The Hall–Kier alpha value is -3.66. The first-order chi connectivity index (χ1) is 14.2. The fourth-order valence-electron chi connectivity index (χ4n) is 3.85. The van der Waals surface area contributed by atoms with Crippen LogP contribution < -0.4 is 9.47 Å². The van der Waals surface area contributed by atoms with E-state index in [0.717, 1.165) is 44.7 Å². The number of nitrogens with zero attached hydrogens (tertiary/aromatic N) is 2. The molecule has 0 unspecified atom stereocenters. The van der Waals surface area contributed by atoms with Gasteiger partial charge in [0.15, 0.2) is 11.5 Å². The van der Waals surface area contributed by atoms with Gasteiger partial charge in [-0.2, -0.15) is 0 Å². The second-order valence-corrected chi connectivity index (χ2v) is 7.13. The van der Waals surface area contributed by atoms with Crippen LogP contribution in [0.3, 0.4) is 0 Å². The fraction of sp³-hybridized carbons (Fsp3) is 0.120. The van der Waals surface area contributed by atoms with Gasteiger partial charge in [-0.1, -0.05) is 42.0 Å². The molecule has 0 N–H and O–H groups in total. The Morgan fingerprint density at radius 3 is 2.17 bits per heavy atom. The summed E-state index contributed by atoms with van der Waals surface area (Å²) >= 11 is 0. The molecule has 0 saturated heterocycles. The van der Waals surface area contributed by atoms with Gasteiger partial charge in [-0.25, -0.2) is 9.97 Å². The van der Waals surface area contributed by atoms with Crippen molar-refractivity contribution in [2.75, 3.05) is 14.2 Å². The lowest BCUT2D eigenvalue weighted by atomic mass is 10.0. The molecule has 1 aliphatic carbocycles. The topological polar surface area (TPSA) is 44.2 Å². The van der Waals surface area contributed by atoms with Crippen LogP contribution in [-0.4, -0.2) is 24.2 Å². The Morgan fingerprint density at radius 1 is 0.724 bits per heavy atom. The van der Waals surface area contributed by atoms with Crippen molar-refractivity contribution in [2.24, 2.45) is 0 Å². The first kappa shape index (κ1) is 17.4. The van der Waals surface area contributed by atoms with Gasteiger partial charge in [0.05, 0.1) is 36.6 Å². The molecule has 142 valence electrons. The number of methoxy groups -OCH3 is 2. The number of para-hydroxylation sites is 2. The number of fused-ring (bicyclic) bond motifs is 4. The maximum atomic E-state index is 5.47. The molecule has 0 radical (unpaired) electrons. The molecule has 3 aromatic carbocycles. The summed E-state index contributed by atoms with van der Waals surface area (Å²) in [6.07, 6.45) is 2.15. The molecule has 5 rings (SSSR count). The first-order valence-corrected chi connectivity index (χ1v) is 9.50. The Kier molecular flexibility index (Phi) is 4.06. The van der Waals surface area contributed by atoms with Gasteiger partial charge in [0.25, 0.3) is 0 Å². The molecule has 1 heterocycles. The summed E-state index contributed by atoms with van der Waals surface area (Å²) in [6, 6.07) is 20.4. The van der Waals surface area contributed by atoms with E-state index in [1.54, 1.807) is 14.2 Å². The first-order valence-electron chi connectivity index (χ1n) is 9.50. The second-order valence-electron chi connectivity index (χ2n) is 7.13. The molecule has 4 heteroatoms. The van der Waals surface area contributed by atoms with E-state index in [-0.39, 0.29) is 0 Å². The molecule has 0 aliphatic heterocycles. The van der Waals surface area contributed by atoms with Gasteiger partial charge < -0.3 is 9.47 Å². The standard InChI is InChI=1S/C25H20N2O2/c1-15-8-10-17-18(12-15)19(13-16-9-11-22(28-2)23(14-16)29-3)25-24(17)26-20-6-4-5-7-21(20)27-25/h4-14H,1-3H3/b19-13-. The molecule has 4 nitrogen and oxygen atoms in total. The molecule has 4 aromatic rings. The van der Waals surface area contributed by atoms with E-state index in [1.165, 1.54) is 5.56 Å². The zero-order chi connectivity index (χ0) is 20.0. The van der Waals surface area contributed by atoms with E-state index in [0.29, 0.717) is 11.5 Å². The monoisotopic (exact) mass is 380 g/mol. The number of aromatic nitrogens is 2. The quantitative estimate of drug-likeness (QED) is 0.413. The van der Waals surface area contributed by atoms with E-state index in [9.17, 15) is 0 Å². The number of benzene rings is 3. The summed E-state index contributed by atoms with van der Waals surface area (Å²) in [6.45, 7) is 2.11. The predicted molar refractivity (Wildman–Crippen MR) is 116 cm³/mol. The number of hydrogen-bond donors (Lipinski definition) is 0. The van der Waals surface area contributed by atoms with Crippen LogP contribution >= 0.6 is 0 Å². The summed E-state index contributed by atoms with van der Waals surface area (Å²) in [7, 11) is 3.29. The van der Waals surface area contributed by atoms with E-state index in [1.807, 2.05) is 42.5 Å². The molecule has 0 fully saturated rings. The minimum Gasteiger partial charge on any atom is -0.493 e. The van der Waals surface area contributed by atoms with Gasteiger partial charge in [-0.3, -0.25) is 0 Å². The largest absolute Gasteiger partial charge is 0.493 e. The minimum absolute atomic E-state index is 0.703. The highest BCUT2D eigenvalue weighted by Crippen LogP contribution is 2.44. The molecule has 1 aliphatic rings. The molecule has 0 saturated carbocycles. The zero-order valence-electron chi connectivity index (χ0n) is 16.6. The maximum Gasteiger partial charge on any atom is 0.161 e. The Balaban J connectivity index is 1.76. The molecule has 0 atom stereocenters. The normalized spacial score (nSPS) is 13.4. The van der Waals surface area contributed by atoms with Gasteiger partial charge in [0, 0.05) is 11.1 Å². The van der Waals surface area contributed by atoms with Crippen LogP contribution in [0.1, 0.15) is 22.4 Å². The minimum atomic E-state index is 0.703. The summed E-state index contributed by atoms with van der Waals surface area (Å²) in [5.41, 5.74) is 9.24. The van der Waals surface area contributed by atoms with Crippen molar-refractivity contribution < 1.29 is 9.47 Å². The SMILES string of the molecule is COc1ccc(/C=C2/c3cc(C)ccc3-c3nc4ccccc4nc32)cc1OC. The highest BCUT2D eigenvalue weighted by molar-refractivity contribution is 6.05. The smallest absolute Gasteiger partial charge is 0.161 e. The summed E-state index contributed by atoms with van der Waals surface area (Å²) in [5, 5.41) is 0. The van der Waals surface area contributed by atoms with E-state index < -0.39 is 0 Å². The lowest BCUT2D eigenvalue weighted by Crippen LogP contribution is -1.93. The molecular formula is C25H20N2O2. The van der Waals surface area contributed by atoms with Crippen LogP contribution in [0.15, 0.2) is 60.7 Å². The number of rotatable bonds is 3. The van der Waals surface area contributed by atoms with Crippen LogP contribution in [0.5, 0.6) is 11.5 Å². The van der Waals surface area contributed by atoms with Crippen molar-refractivity contribution in [2.45, 2.75) is 6.92 Å². The third-order valence-electron chi connectivity index (χ3n) is 5.26. The highest BCUT2D eigenvalue weighted by Gasteiger charge is 2.27. The average molecular weight is 380 g/mol. The third-order valence-corrected chi connectivity index (χ3v) is 5.26. The third kappa shape index (κ3) is 2.85. The summed E-state index contributed by atoms with van der Waals surface area (Å²) in [5.74, 6) is 1.41. The van der Waals surface area contributed by atoms with E-state index in [4.69, 9.17) is 19.4 Å². The zero-order valence-corrected chi connectivity index (χ0v) is 16.6. The maximum absolute atomic E-state index is 5.47. The van der Waals surface area contributed by atoms with Gasteiger partial charge >= 0.3 is 0 Å². The number of ether oxygens (including phenoxy) is 2. The van der Waals surface area contributed by atoms with Crippen LogP contribution in [-0.2, 0) is 0 Å². The fourth-order valence-corrected chi connectivity index (χ4v) is 3.85. The number of aryl methyl sites for hydroxylation is 1.